The van der Waals surface area contributed by atoms with Gasteiger partial charge in [-0.25, -0.2) is 0 Å². The molecule has 0 bridgehead atoms. The van der Waals surface area contributed by atoms with Crippen molar-refractivity contribution in [3.05, 3.63) is 51.8 Å². The van der Waals surface area contributed by atoms with E-state index in [2.05, 4.69) is 28.0 Å². The van der Waals surface area contributed by atoms with E-state index in [1.54, 1.807) is 13.3 Å². The molecule has 0 aliphatic heterocycles. The molecule has 1 unspecified atom stereocenters. The van der Waals surface area contributed by atoms with Gasteiger partial charge in [0.15, 0.2) is 0 Å². The fourth-order valence-corrected chi connectivity index (χ4v) is 2.67. The minimum absolute atomic E-state index is 0.577. The zero-order valence-electron chi connectivity index (χ0n) is 11.7. The molecule has 0 saturated heterocycles. The number of ether oxygens (including phenoxy) is 1. The molecule has 0 aliphatic carbocycles. The molecule has 1 atom stereocenters. The van der Waals surface area contributed by atoms with E-state index >= 15 is 0 Å². The Hall–Kier alpha value is -1.17. The number of aryl methyl sites for hydroxylation is 1. The van der Waals surface area contributed by atoms with Crippen LogP contribution >= 0.6 is 15.9 Å². The van der Waals surface area contributed by atoms with Gasteiger partial charge < -0.3 is 9.84 Å². The Labute approximate surface area is 127 Å². The second-order valence-electron chi connectivity index (χ2n) is 4.68. The van der Waals surface area contributed by atoms with Crippen LogP contribution in [0.1, 0.15) is 36.3 Å². The number of aliphatic hydroxyl groups excluding tert-OH is 1. The van der Waals surface area contributed by atoms with E-state index in [9.17, 15) is 5.11 Å². The third-order valence-electron chi connectivity index (χ3n) is 3.13. The first-order chi connectivity index (χ1) is 9.67. The van der Waals surface area contributed by atoms with Crippen LogP contribution in [0.3, 0.4) is 0 Å². The van der Waals surface area contributed by atoms with Gasteiger partial charge in [-0.3, -0.25) is 4.68 Å². The third-order valence-corrected chi connectivity index (χ3v) is 3.75. The minimum Gasteiger partial charge on any atom is -0.382 e. The Morgan fingerprint density at radius 1 is 1.35 bits per heavy atom. The Bertz CT molecular complexity index is 552. The molecule has 0 amide bonds. The average molecular weight is 339 g/mol. The SMILES string of the molecule is CCCn1ncc(Br)c1C(O)c1ccc(COC)cc1. The second kappa shape index (κ2) is 7.02. The molecule has 0 aliphatic rings. The number of rotatable bonds is 6. The van der Waals surface area contributed by atoms with Crippen molar-refractivity contribution in [3.63, 3.8) is 0 Å². The summed E-state index contributed by atoms with van der Waals surface area (Å²) in [6, 6.07) is 7.79. The molecule has 4 nitrogen and oxygen atoms in total. The maximum atomic E-state index is 10.6. The van der Waals surface area contributed by atoms with Crippen LogP contribution in [0.4, 0.5) is 0 Å². The molecule has 2 aromatic rings. The molecule has 0 spiro atoms. The number of methoxy groups -OCH3 is 1. The van der Waals surface area contributed by atoms with Crippen LogP contribution in [-0.4, -0.2) is 22.0 Å². The highest BCUT2D eigenvalue weighted by Gasteiger charge is 2.19. The number of hydrogen-bond donors (Lipinski definition) is 1. The second-order valence-corrected chi connectivity index (χ2v) is 5.53. The number of aliphatic hydroxyl groups is 1. The van der Waals surface area contributed by atoms with Gasteiger partial charge in [-0.15, -0.1) is 0 Å². The van der Waals surface area contributed by atoms with Crippen LogP contribution in [0.15, 0.2) is 34.9 Å². The highest BCUT2D eigenvalue weighted by molar-refractivity contribution is 9.10. The van der Waals surface area contributed by atoms with Gasteiger partial charge in [-0.2, -0.15) is 5.10 Å². The van der Waals surface area contributed by atoms with Gasteiger partial charge in [0.25, 0.3) is 0 Å². The predicted molar refractivity (Wildman–Crippen MR) is 81.4 cm³/mol. The van der Waals surface area contributed by atoms with Crippen molar-refractivity contribution in [2.45, 2.75) is 32.6 Å². The van der Waals surface area contributed by atoms with Crippen LogP contribution in [0.2, 0.25) is 0 Å². The van der Waals surface area contributed by atoms with Crippen LogP contribution in [0.25, 0.3) is 0 Å². The van der Waals surface area contributed by atoms with Gasteiger partial charge in [0.1, 0.15) is 6.10 Å². The lowest BCUT2D eigenvalue weighted by atomic mass is 10.0. The van der Waals surface area contributed by atoms with Crippen LogP contribution in [0.5, 0.6) is 0 Å². The van der Waals surface area contributed by atoms with E-state index < -0.39 is 6.10 Å². The summed E-state index contributed by atoms with van der Waals surface area (Å²) in [5.74, 6) is 0. The Morgan fingerprint density at radius 2 is 2.05 bits per heavy atom. The third kappa shape index (κ3) is 3.29. The largest absolute Gasteiger partial charge is 0.382 e. The first-order valence-electron chi connectivity index (χ1n) is 6.64. The van der Waals surface area contributed by atoms with Crippen molar-refractivity contribution in [2.75, 3.05) is 7.11 Å². The van der Waals surface area contributed by atoms with E-state index in [4.69, 9.17) is 4.74 Å². The first kappa shape index (κ1) is 15.2. The van der Waals surface area contributed by atoms with Gasteiger partial charge in [-0.05, 0) is 33.5 Å². The summed E-state index contributed by atoms with van der Waals surface area (Å²) in [5, 5.41) is 14.9. The van der Waals surface area contributed by atoms with Gasteiger partial charge in [-0.1, -0.05) is 31.2 Å². The Morgan fingerprint density at radius 3 is 2.65 bits per heavy atom. The summed E-state index contributed by atoms with van der Waals surface area (Å²) < 4.78 is 7.76. The normalized spacial score (nSPS) is 12.6. The smallest absolute Gasteiger partial charge is 0.122 e. The zero-order valence-corrected chi connectivity index (χ0v) is 13.3. The quantitative estimate of drug-likeness (QED) is 0.879. The lowest BCUT2D eigenvalue weighted by Gasteiger charge is -2.14. The Balaban J connectivity index is 2.26. The van der Waals surface area contributed by atoms with E-state index in [-0.39, 0.29) is 0 Å². The summed E-state index contributed by atoms with van der Waals surface area (Å²) >= 11 is 3.46. The fourth-order valence-electron chi connectivity index (χ4n) is 2.15. The summed E-state index contributed by atoms with van der Waals surface area (Å²) in [6.45, 7) is 3.46. The van der Waals surface area contributed by atoms with Crippen molar-refractivity contribution in [3.8, 4) is 0 Å². The van der Waals surface area contributed by atoms with Crippen molar-refractivity contribution < 1.29 is 9.84 Å². The molecular formula is C15H19BrN2O2. The van der Waals surface area contributed by atoms with E-state index in [0.29, 0.717) is 6.61 Å². The van der Waals surface area contributed by atoms with Gasteiger partial charge in [0.2, 0.25) is 0 Å². The predicted octanol–water partition coefficient (Wildman–Crippen LogP) is 3.28. The summed E-state index contributed by atoms with van der Waals surface area (Å²) in [4.78, 5) is 0. The molecule has 20 heavy (non-hydrogen) atoms. The number of halogens is 1. The molecule has 108 valence electrons. The first-order valence-corrected chi connectivity index (χ1v) is 7.43. The van der Waals surface area contributed by atoms with Crippen molar-refractivity contribution >= 4 is 15.9 Å². The molecular weight excluding hydrogens is 320 g/mol. The molecule has 2 rings (SSSR count). The highest BCUT2D eigenvalue weighted by atomic mass is 79.9. The average Bonchev–Trinajstić information content (AvgIpc) is 2.81. The molecule has 0 fully saturated rings. The van der Waals surface area contributed by atoms with Crippen molar-refractivity contribution in [2.24, 2.45) is 0 Å². The monoisotopic (exact) mass is 338 g/mol. The summed E-state index contributed by atoms with van der Waals surface area (Å²) in [7, 11) is 1.67. The van der Waals surface area contributed by atoms with Crippen LogP contribution in [0, 0.1) is 0 Å². The van der Waals surface area contributed by atoms with Gasteiger partial charge in [0, 0.05) is 13.7 Å². The standard InChI is InChI=1S/C15H19BrN2O2/c1-3-8-18-14(13(16)9-17-18)15(19)12-6-4-11(5-7-12)10-20-2/h4-7,9,15,19H,3,8,10H2,1-2H3. The van der Waals surface area contributed by atoms with Crippen molar-refractivity contribution in [1.82, 2.24) is 9.78 Å². The summed E-state index contributed by atoms with van der Waals surface area (Å²) in [5.41, 5.74) is 2.74. The molecule has 1 aromatic carbocycles. The van der Waals surface area contributed by atoms with Crippen molar-refractivity contribution in [1.29, 1.82) is 0 Å². The molecule has 0 saturated carbocycles. The van der Waals surface area contributed by atoms with Crippen LogP contribution in [-0.2, 0) is 17.9 Å². The molecule has 5 heteroatoms. The maximum Gasteiger partial charge on any atom is 0.122 e. The number of aromatic nitrogens is 2. The lowest BCUT2D eigenvalue weighted by Crippen LogP contribution is -2.10. The topological polar surface area (TPSA) is 47.3 Å². The van der Waals surface area contributed by atoms with E-state index in [1.165, 1.54) is 0 Å². The fraction of sp³-hybridized carbons (Fsp3) is 0.400. The summed E-state index contributed by atoms with van der Waals surface area (Å²) in [6.07, 6.45) is 2.02. The van der Waals surface area contributed by atoms with Gasteiger partial charge in [0.05, 0.1) is 23.0 Å². The molecule has 0 radical (unpaired) electrons. The Kier molecular flexibility index (Phi) is 5.34. The number of nitrogens with zero attached hydrogens (tertiary/aromatic N) is 2. The molecule has 1 N–H and O–H groups in total. The molecule has 1 heterocycles. The van der Waals surface area contributed by atoms with E-state index in [0.717, 1.165) is 34.3 Å². The highest BCUT2D eigenvalue weighted by Crippen LogP contribution is 2.28. The zero-order chi connectivity index (χ0) is 14.5. The number of hydrogen-bond acceptors (Lipinski definition) is 3. The number of benzene rings is 1. The van der Waals surface area contributed by atoms with Crippen LogP contribution < -0.4 is 0 Å². The minimum atomic E-state index is -0.685. The van der Waals surface area contributed by atoms with Gasteiger partial charge >= 0.3 is 0 Å². The lowest BCUT2D eigenvalue weighted by molar-refractivity contribution is 0.184. The molecule has 1 aromatic heterocycles. The maximum absolute atomic E-state index is 10.6. The van der Waals surface area contributed by atoms with E-state index in [1.807, 2.05) is 28.9 Å².